The second-order valence-corrected chi connectivity index (χ2v) is 8.17. The Morgan fingerprint density at radius 3 is 2.80 bits per heavy atom. The van der Waals surface area contributed by atoms with E-state index in [-0.39, 0.29) is 0 Å². The van der Waals surface area contributed by atoms with E-state index in [0.717, 1.165) is 19.5 Å². The highest BCUT2D eigenvalue weighted by atomic mass is 79.9. The van der Waals surface area contributed by atoms with Crippen LogP contribution in [-0.2, 0) is 10.0 Å². The standard InChI is InChI=1S/C13H18BrN3O2S/c14-12-8-11(3-4-13(12)15)20(18,19)17-7-6-16-5-1-2-10(16)9-17/h3-4,8,10H,1-2,5-7,9,15H2. The van der Waals surface area contributed by atoms with E-state index in [2.05, 4.69) is 20.8 Å². The molecule has 2 saturated heterocycles. The second kappa shape index (κ2) is 5.29. The second-order valence-electron chi connectivity index (χ2n) is 5.38. The Kier molecular flexibility index (Phi) is 3.79. The topological polar surface area (TPSA) is 66.6 Å². The lowest BCUT2D eigenvalue weighted by atomic mass is 10.2. The number of fused-ring (bicyclic) bond motifs is 1. The number of nitrogens with two attached hydrogens (primary N) is 1. The number of hydrogen-bond acceptors (Lipinski definition) is 4. The fraction of sp³-hybridized carbons (Fsp3) is 0.538. The van der Waals surface area contributed by atoms with Crippen molar-refractivity contribution in [3.63, 3.8) is 0 Å². The number of rotatable bonds is 2. The van der Waals surface area contributed by atoms with Gasteiger partial charge in [0, 0.05) is 35.8 Å². The molecule has 0 aromatic heterocycles. The van der Waals surface area contributed by atoms with Gasteiger partial charge in [0.1, 0.15) is 0 Å². The SMILES string of the molecule is Nc1ccc(S(=O)(=O)N2CCN3CCCC3C2)cc1Br. The highest BCUT2D eigenvalue weighted by Gasteiger charge is 2.36. The molecule has 110 valence electrons. The highest BCUT2D eigenvalue weighted by molar-refractivity contribution is 9.10. The van der Waals surface area contributed by atoms with E-state index < -0.39 is 10.0 Å². The van der Waals surface area contributed by atoms with E-state index in [4.69, 9.17) is 5.73 Å². The molecule has 2 heterocycles. The van der Waals surface area contributed by atoms with Crippen LogP contribution in [0.4, 0.5) is 5.69 Å². The van der Waals surface area contributed by atoms with Gasteiger partial charge in [0.25, 0.3) is 0 Å². The zero-order valence-electron chi connectivity index (χ0n) is 11.1. The van der Waals surface area contributed by atoms with Gasteiger partial charge in [-0.15, -0.1) is 0 Å². The Morgan fingerprint density at radius 1 is 1.25 bits per heavy atom. The molecule has 0 spiro atoms. The van der Waals surface area contributed by atoms with Crippen molar-refractivity contribution in [1.29, 1.82) is 0 Å². The molecule has 2 aliphatic rings. The largest absolute Gasteiger partial charge is 0.398 e. The lowest BCUT2D eigenvalue weighted by molar-refractivity contribution is 0.158. The van der Waals surface area contributed by atoms with Gasteiger partial charge in [0.15, 0.2) is 0 Å². The number of halogens is 1. The maximum absolute atomic E-state index is 12.7. The summed E-state index contributed by atoms with van der Waals surface area (Å²) in [6.45, 7) is 3.11. The molecule has 5 nitrogen and oxygen atoms in total. The summed E-state index contributed by atoms with van der Waals surface area (Å²) in [5.41, 5.74) is 6.26. The minimum Gasteiger partial charge on any atom is -0.398 e. The molecule has 2 aliphatic heterocycles. The van der Waals surface area contributed by atoms with Crippen molar-refractivity contribution >= 4 is 31.6 Å². The van der Waals surface area contributed by atoms with E-state index in [1.54, 1.807) is 22.5 Å². The van der Waals surface area contributed by atoms with Crippen LogP contribution in [0.3, 0.4) is 0 Å². The minimum atomic E-state index is -3.42. The van der Waals surface area contributed by atoms with Crippen LogP contribution in [0, 0.1) is 0 Å². The summed E-state index contributed by atoms with van der Waals surface area (Å²) in [6, 6.07) is 5.18. The fourth-order valence-electron chi connectivity index (χ4n) is 3.00. The number of sulfonamides is 1. The Balaban J connectivity index is 1.86. The first kappa shape index (κ1) is 14.3. The van der Waals surface area contributed by atoms with Crippen molar-refractivity contribution in [2.45, 2.75) is 23.8 Å². The third-order valence-corrected chi connectivity index (χ3v) is 6.71. The molecule has 3 rings (SSSR count). The van der Waals surface area contributed by atoms with Gasteiger partial charge < -0.3 is 5.73 Å². The number of nitrogens with zero attached hydrogens (tertiary/aromatic N) is 2. The van der Waals surface area contributed by atoms with E-state index in [1.807, 2.05) is 0 Å². The first-order valence-electron chi connectivity index (χ1n) is 6.78. The lowest BCUT2D eigenvalue weighted by Crippen LogP contribution is -2.51. The molecule has 0 saturated carbocycles. The van der Waals surface area contributed by atoms with Gasteiger partial charge in [-0.2, -0.15) is 4.31 Å². The van der Waals surface area contributed by atoms with Crippen LogP contribution in [0.2, 0.25) is 0 Å². The number of benzene rings is 1. The average molecular weight is 360 g/mol. The Morgan fingerprint density at radius 2 is 2.05 bits per heavy atom. The number of anilines is 1. The van der Waals surface area contributed by atoms with Gasteiger partial charge in [-0.05, 0) is 53.5 Å². The van der Waals surface area contributed by atoms with Crippen LogP contribution >= 0.6 is 15.9 Å². The van der Waals surface area contributed by atoms with E-state index in [0.29, 0.717) is 34.2 Å². The Labute approximate surface area is 127 Å². The van der Waals surface area contributed by atoms with Crippen molar-refractivity contribution in [1.82, 2.24) is 9.21 Å². The predicted octanol–water partition coefficient (Wildman–Crippen LogP) is 1.50. The van der Waals surface area contributed by atoms with Crippen LogP contribution in [0.5, 0.6) is 0 Å². The number of hydrogen-bond donors (Lipinski definition) is 1. The van der Waals surface area contributed by atoms with E-state index >= 15 is 0 Å². The molecule has 2 fully saturated rings. The third-order valence-electron chi connectivity index (χ3n) is 4.16. The van der Waals surface area contributed by atoms with Crippen molar-refractivity contribution in [2.75, 3.05) is 31.9 Å². The van der Waals surface area contributed by atoms with Gasteiger partial charge >= 0.3 is 0 Å². The molecule has 0 aliphatic carbocycles. The average Bonchev–Trinajstić information content (AvgIpc) is 2.89. The molecular formula is C13H18BrN3O2S. The van der Waals surface area contributed by atoms with Gasteiger partial charge in [-0.3, -0.25) is 4.90 Å². The van der Waals surface area contributed by atoms with Crippen LogP contribution in [0.15, 0.2) is 27.6 Å². The summed E-state index contributed by atoms with van der Waals surface area (Å²) >= 11 is 3.29. The van der Waals surface area contributed by atoms with Crippen LogP contribution in [0.1, 0.15) is 12.8 Å². The summed E-state index contributed by atoms with van der Waals surface area (Å²) < 4.78 is 27.6. The van der Waals surface area contributed by atoms with Crippen molar-refractivity contribution in [2.24, 2.45) is 0 Å². The summed E-state index contributed by atoms with van der Waals surface area (Å²) in [4.78, 5) is 2.70. The van der Waals surface area contributed by atoms with Gasteiger partial charge in [-0.1, -0.05) is 0 Å². The zero-order valence-corrected chi connectivity index (χ0v) is 13.5. The Bertz CT molecular complexity index is 620. The molecule has 1 aromatic rings. The van der Waals surface area contributed by atoms with Crippen molar-refractivity contribution in [3.8, 4) is 0 Å². The monoisotopic (exact) mass is 359 g/mol. The van der Waals surface area contributed by atoms with Crippen LogP contribution in [-0.4, -0.2) is 49.8 Å². The number of nitrogen functional groups attached to an aromatic ring is 1. The summed E-state index contributed by atoms with van der Waals surface area (Å²) in [7, 11) is -3.42. The molecule has 0 amide bonds. The molecule has 0 radical (unpaired) electrons. The van der Waals surface area contributed by atoms with E-state index in [9.17, 15) is 8.42 Å². The molecule has 2 N–H and O–H groups in total. The molecule has 1 unspecified atom stereocenters. The van der Waals surface area contributed by atoms with Crippen LogP contribution in [0.25, 0.3) is 0 Å². The predicted molar refractivity (Wildman–Crippen MR) is 81.9 cm³/mol. The molecule has 20 heavy (non-hydrogen) atoms. The third kappa shape index (κ3) is 2.47. The maximum atomic E-state index is 12.7. The fourth-order valence-corrected chi connectivity index (χ4v) is 5.02. The van der Waals surface area contributed by atoms with E-state index in [1.165, 1.54) is 6.42 Å². The van der Waals surface area contributed by atoms with Gasteiger partial charge in [-0.25, -0.2) is 8.42 Å². The van der Waals surface area contributed by atoms with Crippen LogP contribution < -0.4 is 5.73 Å². The number of piperazine rings is 1. The van der Waals surface area contributed by atoms with Crippen molar-refractivity contribution < 1.29 is 8.42 Å². The normalized spacial score (nSPS) is 24.8. The smallest absolute Gasteiger partial charge is 0.243 e. The lowest BCUT2D eigenvalue weighted by Gasteiger charge is -2.36. The van der Waals surface area contributed by atoms with Crippen molar-refractivity contribution in [3.05, 3.63) is 22.7 Å². The van der Waals surface area contributed by atoms with Gasteiger partial charge in [0.2, 0.25) is 10.0 Å². The molecular weight excluding hydrogens is 342 g/mol. The first-order chi connectivity index (χ1) is 9.48. The highest BCUT2D eigenvalue weighted by Crippen LogP contribution is 2.28. The molecule has 1 aromatic carbocycles. The summed E-state index contributed by atoms with van der Waals surface area (Å²) in [6.07, 6.45) is 2.27. The molecule has 0 bridgehead atoms. The molecule has 1 atom stereocenters. The minimum absolute atomic E-state index is 0.310. The molecule has 7 heteroatoms. The summed E-state index contributed by atoms with van der Waals surface area (Å²) in [5.74, 6) is 0. The maximum Gasteiger partial charge on any atom is 0.243 e. The Hall–Kier alpha value is -0.630. The summed E-state index contributed by atoms with van der Waals surface area (Å²) in [5, 5.41) is 0. The zero-order chi connectivity index (χ0) is 14.3. The first-order valence-corrected chi connectivity index (χ1v) is 9.01. The van der Waals surface area contributed by atoms with Gasteiger partial charge in [0.05, 0.1) is 4.90 Å². The quantitative estimate of drug-likeness (QED) is 0.812.